The van der Waals surface area contributed by atoms with E-state index in [1.54, 1.807) is 0 Å². The Morgan fingerprint density at radius 1 is 1.22 bits per heavy atom. The Labute approximate surface area is 50.9 Å². The fourth-order valence-corrected chi connectivity index (χ4v) is 0.221. The summed E-state index contributed by atoms with van der Waals surface area (Å²) in [7, 11) is 0. The van der Waals surface area contributed by atoms with Gasteiger partial charge >= 0.3 is 0 Å². The minimum absolute atomic E-state index is 0.490. The van der Waals surface area contributed by atoms with Gasteiger partial charge in [0.15, 0.2) is 0 Å². The van der Waals surface area contributed by atoms with Crippen LogP contribution in [0.1, 0.15) is 13.8 Å². The molecule has 0 radical (unpaired) electrons. The standard InChI is InChI=1S/C5H8F4/c1-3(4(6)7)5(2,8)9/h3-4H,1-2H3. The third kappa shape index (κ3) is 2.67. The maximum atomic E-state index is 11.9. The topological polar surface area (TPSA) is 0 Å². The average Bonchev–Trinajstić information content (AvgIpc) is 1.62. The number of hydrogen-bond acceptors (Lipinski definition) is 0. The molecule has 0 aromatic carbocycles. The lowest BCUT2D eigenvalue weighted by Gasteiger charge is -2.17. The Morgan fingerprint density at radius 2 is 1.56 bits per heavy atom. The third-order valence-electron chi connectivity index (χ3n) is 1.18. The normalized spacial score (nSPS) is 16.3. The molecule has 0 saturated heterocycles. The Balaban J connectivity index is 3.88. The zero-order chi connectivity index (χ0) is 7.65. The van der Waals surface area contributed by atoms with E-state index in [9.17, 15) is 17.6 Å². The highest BCUT2D eigenvalue weighted by Gasteiger charge is 2.36. The minimum atomic E-state index is -3.27. The van der Waals surface area contributed by atoms with Gasteiger partial charge in [-0.3, -0.25) is 0 Å². The molecule has 0 aliphatic rings. The Hall–Kier alpha value is -0.280. The largest absolute Gasteiger partial charge is 0.253 e. The molecule has 0 saturated carbocycles. The van der Waals surface area contributed by atoms with Crippen molar-refractivity contribution in [1.82, 2.24) is 0 Å². The van der Waals surface area contributed by atoms with E-state index in [1.807, 2.05) is 0 Å². The van der Waals surface area contributed by atoms with Crippen molar-refractivity contribution in [2.24, 2.45) is 5.92 Å². The SMILES string of the molecule is CC(C(F)F)C(C)(F)F. The van der Waals surface area contributed by atoms with Crippen molar-refractivity contribution in [2.45, 2.75) is 26.2 Å². The van der Waals surface area contributed by atoms with Crippen molar-refractivity contribution in [2.75, 3.05) is 0 Å². The fourth-order valence-electron chi connectivity index (χ4n) is 0.221. The molecule has 0 nitrogen and oxygen atoms in total. The number of halogens is 4. The number of hydrogen-bond donors (Lipinski definition) is 0. The van der Waals surface area contributed by atoms with Crippen LogP contribution in [-0.2, 0) is 0 Å². The Kier molecular flexibility index (Phi) is 2.46. The van der Waals surface area contributed by atoms with Crippen molar-refractivity contribution in [3.05, 3.63) is 0 Å². The van der Waals surface area contributed by atoms with Gasteiger partial charge in [-0.2, -0.15) is 0 Å². The van der Waals surface area contributed by atoms with Crippen molar-refractivity contribution in [3.8, 4) is 0 Å². The molecule has 4 heteroatoms. The zero-order valence-corrected chi connectivity index (χ0v) is 5.17. The van der Waals surface area contributed by atoms with Gasteiger partial charge in [-0.1, -0.05) is 6.92 Å². The van der Waals surface area contributed by atoms with Gasteiger partial charge in [0.2, 0.25) is 6.43 Å². The van der Waals surface area contributed by atoms with E-state index in [0.717, 1.165) is 6.92 Å². The molecule has 0 aromatic rings. The van der Waals surface area contributed by atoms with E-state index < -0.39 is 18.3 Å². The predicted molar refractivity (Wildman–Crippen MR) is 25.8 cm³/mol. The molecule has 0 aliphatic heterocycles. The Morgan fingerprint density at radius 3 is 1.56 bits per heavy atom. The summed E-state index contributed by atoms with van der Waals surface area (Å²) in [5.74, 6) is -5.12. The summed E-state index contributed by atoms with van der Waals surface area (Å²) in [4.78, 5) is 0. The van der Waals surface area contributed by atoms with Crippen LogP contribution in [0.25, 0.3) is 0 Å². The van der Waals surface area contributed by atoms with Crippen LogP contribution in [-0.4, -0.2) is 12.3 Å². The molecule has 1 atom stereocenters. The molecule has 0 spiro atoms. The monoisotopic (exact) mass is 144 g/mol. The van der Waals surface area contributed by atoms with Crippen molar-refractivity contribution < 1.29 is 17.6 Å². The van der Waals surface area contributed by atoms with Gasteiger partial charge in [0.25, 0.3) is 5.92 Å². The van der Waals surface area contributed by atoms with Crippen molar-refractivity contribution >= 4 is 0 Å². The molecule has 0 bridgehead atoms. The van der Waals surface area contributed by atoms with Gasteiger partial charge in [-0.25, -0.2) is 17.6 Å². The number of alkyl halides is 4. The van der Waals surface area contributed by atoms with Gasteiger partial charge in [-0.15, -0.1) is 0 Å². The molecular weight excluding hydrogens is 136 g/mol. The molecule has 1 unspecified atom stereocenters. The third-order valence-corrected chi connectivity index (χ3v) is 1.18. The summed E-state index contributed by atoms with van der Waals surface area (Å²) in [5.41, 5.74) is 0. The van der Waals surface area contributed by atoms with E-state index in [1.165, 1.54) is 0 Å². The molecule has 0 aliphatic carbocycles. The first-order valence-electron chi connectivity index (χ1n) is 2.51. The van der Waals surface area contributed by atoms with Crippen LogP contribution in [0, 0.1) is 5.92 Å². The fraction of sp³-hybridized carbons (Fsp3) is 1.00. The summed E-state index contributed by atoms with van der Waals surface area (Å²) in [6, 6.07) is 0. The molecule has 0 heterocycles. The first-order chi connectivity index (χ1) is 3.85. The minimum Gasteiger partial charge on any atom is -0.210 e. The van der Waals surface area contributed by atoms with E-state index >= 15 is 0 Å². The van der Waals surface area contributed by atoms with Gasteiger partial charge in [-0.05, 0) is 6.92 Å². The first-order valence-corrected chi connectivity index (χ1v) is 2.51. The van der Waals surface area contributed by atoms with Crippen LogP contribution in [0.2, 0.25) is 0 Å². The quantitative estimate of drug-likeness (QED) is 0.522. The second-order valence-electron chi connectivity index (χ2n) is 2.08. The molecule has 56 valence electrons. The highest BCUT2D eigenvalue weighted by atomic mass is 19.3. The van der Waals surface area contributed by atoms with Crippen LogP contribution in [0.15, 0.2) is 0 Å². The lowest BCUT2D eigenvalue weighted by Crippen LogP contribution is -2.27. The van der Waals surface area contributed by atoms with E-state index in [4.69, 9.17) is 0 Å². The lowest BCUT2D eigenvalue weighted by molar-refractivity contribution is -0.0932. The average molecular weight is 144 g/mol. The summed E-state index contributed by atoms with van der Waals surface area (Å²) in [5, 5.41) is 0. The smallest absolute Gasteiger partial charge is 0.210 e. The van der Waals surface area contributed by atoms with Crippen molar-refractivity contribution in [1.29, 1.82) is 0 Å². The zero-order valence-electron chi connectivity index (χ0n) is 5.17. The molecule has 0 amide bonds. The summed E-state index contributed by atoms with van der Waals surface area (Å²) >= 11 is 0. The van der Waals surface area contributed by atoms with E-state index in [2.05, 4.69) is 0 Å². The second kappa shape index (κ2) is 2.54. The Bertz CT molecular complexity index is 83.4. The van der Waals surface area contributed by atoms with Gasteiger partial charge < -0.3 is 0 Å². The van der Waals surface area contributed by atoms with Crippen LogP contribution in [0.4, 0.5) is 17.6 Å². The van der Waals surface area contributed by atoms with Crippen LogP contribution >= 0.6 is 0 Å². The maximum Gasteiger partial charge on any atom is 0.253 e. The van der Waals surface area contributed by atoms with Crippen LogP contribution < -0.4 is 0 Å². The van der Waals surface area contributed by atoms with Crippen molar-refractivity contribution in [3.63, 3.8) is 0 Å². The van der Waals surface area contributed by atoms with Gasteiger partial charge in [0, 0.05) is 0 Å². The van der Waals surface area contributed by atoms with E-state index in [-0.39, 0.29) is 0 Å². The number of rotatable bonds is 2. The van der Waals surface area contributed by atoms with E-state index in [0.29, 0.717) is 6.92 Å². The maximum absolute atomic E-state index is 11.9. The molecule has 0 N–H and O–H groups in total. The molecule has 0 fully saturated rings. The molecular formula is C5H8F4. The lowest BCUT2D eigenvalue weighted by atomic mass is 10.1. The highest BCUT2D eigenvalue weighted by molar-refractivity contribution is 4.69. The highest BCUT2D eigenvalue weighted by Crippen LogP contribution is 2.27. The molecule has 9 heavy (non-hydrogen) atoms. The first kappa shape index (κ1) is 8.72. The van der Waals surface area contributed by atoms with Crippen LogP contribution in [0.5, 0.6) is 0 Å². The van der Waals surface area contributed by atoms with Crippen LogP contribution in [0.3, 0.4) is 0 Å². The van der Waals surface area contributed by atoms with Gasteiger partial charge in [0.05, 0.1) is 5.92 Å². The predicted octanol–water partition coefficient (Wildman–Crippen LogP) is 2.54. The summed E-state index contributed by atoms with van der Waals surface area (Å²) in [6.45, 7) is 1.31. The second-order valence-corrected chi connectivity index (χ2v) is 2.08. The summed E-state index contributed by atoms with van der Waals surface area (Å²) < 4.78 is 46.7. The summed E-state index contributed by atoms with van der Waals surface area (Å²) in [6.07, 6.45) is -2.94. The van der Waals surface area contributed by atoms with Gasteiger partial charge in [0.1, 0.15) is 0 Å². The molecule has 0 rings (SSSR count). The molecule has 0 aromatic heterocycles.